The fourth-order valence-electron chi connectivity index (χ4n) is 4.47. The number of halogens is 2. The maximum absolute atomic E-state index is 12.0. The molecule has 31 heavy (non-hydrogen) atoms. The van der Waals surface area contributed by atoms with Gasteiger partial charge in [-0.05, 0) is 81.5 Å². The smallest absolute Gasteiger partial charge is 0.277 e. The number of hydrogen-bond donors (Lipinski definition) is 1. The monoisotopic (exact) mass is 461 g/mol. The summed E-state index contributed by atoms with van der Waals surface area (Å²) >= 11 is 11.9. The number of hydrogen-bond acceptors (Lipinski definition) is 4. The van der Waals surface area contributed by atoms with Gasteiger partial charge in [0.1, 0.15) is 5.75 Å². The first kappa shape index (κ1) is 23.4. The van der Waals surface area contributed by atoms with Gasteiger partial charge in [0.05, 0.1) is 11.2 Å². The second-order valence-electron chi connectivity index (χ2n) is 8.86. The fraction of sp³-hybridized carbons (Fsp3) is 0.417. The number of benzene rings is 2. The number of nitrogens with zero attached hydrogens (tertiary/aromatic N) is 2. The highest BCUT2D eigenvalue weighted by Gasteiger charge is 2.37. The highest BCUT2D eigenvalue weighted by molar-refractivity contribution is 6.35. The average Bonchev–Trinajstić information content (AvgIpc) is 2.66. The van der Waals surface area contributed by atoms with E-state index in [0.717, 1.165) is 12.0 Å². The van der Waals surface area contributed by atoms with Gasteiger partial charge < -0.3 is 9.64 Å². The Morgan fingerprint density at radius 1 is 1.29 bits per heavy atom. The van der Waals surface area contributed by atoms with Crippen molar-refractivity contribution in [1.29, 1.82) is 0 Å². The van der Waals surface area contributed by atoms with Crippen LogP contribution in [-0.4, -0.2) is 30.3 Å². The van der Waals surface area contributed by atoms with Crippen LogP contribution in [0.25, 0.3) is 0 Å². The number of nitrogens with one attached hydrogen (secondary N) is 1. The zero-order valence-corrected chi connectivity index (χ0v) is 20.1. The maximum Gasteiger partial charge on any atom is 0.277 e. The lowest BCUT2D eigenvalue weighted by molar-refractivity contribution is -0.123. The zero-order valence-electron chi connectivity index (χ0n) is 18.6. The molecule has 2 aromatic carbocycles. The number of ether oxygens (including phenoxy) is 1. The molecule has 0 unspecified atom stereocenters. The number of hydrazone groups is 1. The van der Waals surface area contributed by atoms with Gasteiger partial charge in [0.15, 0.2) is 6.61 Å². The summed E-state index contributed by atoms with van der Waals surface area (Å²) in [4.78, 5) is 14.5. The molecule has 1 aliphatic heterocycles. The zero-order chi connectivity index (χ0) is 22.8. The Balaban J connectivity index is 1.64. The summed E-state index contributed by atoms with van der Waals surface area (Å²) in [5, 5.41) is 4.93. The Hall–Kier alpha value is -2.24. The summed E-state index contributed by atoms with van der Waals surface area (Å²) in [6.07, 6.45) is 2.74. The predicted octanol–water partition coefficient (Wildman–Crippen LogP) is 6.02. The molecular formula is C24H29Cl2N3O2. The molecule has 0 radical (unpaired) electrons. The van der Waals surface area contributed by atoms with Crippen molar-refractivity contribution in [2.24, 2.45) is 5.10 Å². The largest absolute Gasteiger partial charge is 0.482 e. The summed E-state index contributed by atoms with van der Waals surface area (Å²) in [5.41, 5.74) is 6.12. The molecule has 0 aliphatic carbocycles. The summed E-state index contributed by atoms with van der Waals surface area (Å²) in [6.45, 7) is 11.1. The average molecular weight is 462 g/mol. The minimum Gasteiger partial charge on any atom is -0.482 e. The summed E-state index contributed by atoms with van der Waals surface area (Å²) in [7, 11) is 0. The van der Waals surface area contributed by atoms with Crippen molar-refractivity contribution in [2.45, 2.75) is 58.5 Å². The number of carbonyl (C=O) groups is 1. The molecular weight excluding hydrogens is 433 g/mol. The van der Waals surface area contributed by atoms with E-state index in [1.54, 1.807) is 24.4 Å². The van der Waals surface area contributed by atoms with Gasteiger partial charge >= 0.3 is 0 Å². The van der Waals surface area contributed by atoms with E-state index in [9.17, 15) is 4.79 Å². The molecule has 0 saturated carbocycles. The van der Waals surface area contributed by atoms with Crippen LogP contribution in [0, 0.1) is 0 Å². The van der Waals surface area contributed by atoms with Gasteiger partial charge in [-0.15, -0.1) is 0 Å². The first-order valence-corrected chi connectivity index (χ1v) is 11.2. The molecule has 2 aromatic rings. The lowest BCUT2D eigenvalue weighted by Gasteiger charge is -2.50. The van der Waals surface area contributed by atoms with Gasteiger partial charge in [-0.1, -0.05) is 36.2 Å². The van der Waals surface area contributed by atoms with Gasteiger partial charge in [0.2, 0.25) is 0 Å². The molecule has 1 atom stereocenters. The van der Waals surface area contributed by atoms with E-state index >= 15 is 0 Å². The van der Waals surface area contributed by atoms with Gasteiger partial charge in [-0.3, -0.25) is 4.79 Å². The van der Waals surface area contributed by atoms with Crippen molar-refractivity contribution in [3.05, 3.63) is 57.6 Å². The van der Waals surface area contributed by atoms with Crippen LogP contribution in [0.15, 0.2) is 41.5 Å². The molecule has 166 valence electrons. The Kier molecular flexibility index (Phi) is 7.17. The Morgan fingerprint density at radius 2 is 2.03 bits per heavy atom. The summed E-state index contributed by atoms with van der Waals surface area (Å²) in [5.74, 6) is 0.466. The summed E-state index contributed by atoms with van der Waals surface area (Å²) in [6, 6.07) is 11.6. The van der Waals surface area contributed by atoms with Crippen LogP contribution in [0.4, 0.5) is 5.69 Å². The van der Waals surface area contributed by atoms with Gasteiger partial charge in [-0.25, -0.2) is 5.43 Å². The van der Waals surface area contributed by atoms with Gasteiger partial charge in [0, 0.05) is 22.3 Å². The molecule has 1 heterocycles. The van der Waals surface area contributed by atoms with Crippen LogP contribution in [0.1, 0.15) is 58.1 Å². The minimum atomic E-state index is -0.374. The van der Waals surface area contributed by atoms with Crippen molar-refractivity contribution in [1.82, 2.24) is 5.43 Å². The second kappa shape index (κ2) is 9.49. The Morgan fingerprint density at radius 3 is 2.71 bits per heavy atom. The van der Waals surface area contributed by atoms with Crippen LogP contribution in [0.5, 0.6) is 5.75 Å². The number of anilines is 1. The first-order chi connectivity index (χ1) is 14.6. The third-order valence-electron chi connectivity index (χ3n) is 5.47. The minimum absolute atomic E-state index is 0.108. The molecule has 1 N–H and O–H groups in total. The van der Waals surface area contributed by atoms with Crippen LogP contribution < -0.4 is 15.1 Å². The predicted molar refractivity (Wildman–Crippen MR) is 129 cm³/mol. The SMILES string of the molecule is CC(C)N1c2ccc(/C=N/NC(=O)COc3ccc(Cl)cc3Cl)cc2[C@H](C)CC1(C)C. The third kappa shape index (κ3) is 5.52. The number of fused-ring (bicyclic) bond motifs is 1. The van der Waals surface area contributed by atoms with Crippen molar-refractivity contribution >= 4 is 41.0 Å². The Labute approximate surface area is 194 Å². The standard InChI is InChI=1S/C24H29Cl2N3O2/c1-15(2)29-21-8-6-17(10-19(21)16(3)12-24(29,4)5)13-27-28-23(30)14-31-22-9-7-18(25)11-20(22)26/h6-11,13,15-16H,12,14H2,1-5H3,(H,28,30)/b27-13+/t16-/m1/s1. The highest BCUT2D eigenvalue weighted by atomic mass is 35.5. The normalized spacial score (nSPS) is 17.7. The second-order valence-corrected chi connectivity index (χ2v) is 9.70. The van der Waals surface area contributed by atoms with Crippen LogP contribution in [0.2, 0.25) is 10.0 Å². The van der Waals surface area contributed by atoms with Crippen molar-refractivity contribution in [2.75, 3.05) is 11.5 Å². The molecule has 0 aromatic heterocycles. The van der Waals surface area contributed by atoms with E-state index in [4.69, 9.17) is 27.9 Å². The first-order valence-electron chi connectivity index (χ1n) is 10.4. The quantitative estimate of drug-likeness (QED) is 0.422. The van der Waals surface area contributed by atoms with Crippen molar-refractivity contribution in [3.8, 4) is 5.75 Å². The topological polar surface area (TPSA) is 53.9 Å². The van der Waals surface area contributed by atoms with E-state index in [1.165, 1.54) is 11.3 Å². The molecule has 0 bridgehead atoms. The third-order valence-corrected chi connectivity index (χ3v) is 6.00. The van der Waals surface area contributed by atoms with E-state index in [0.29, 0.717) is 27.8 Å². The molecule has 3 rings (SSSR count). The van der Waals surface area contributed by atoms with E-state index in [2.05, 4.69) is 62.2 Å². The van der Waals surface area contributed by atoms with Crippen LogP contribution in [0.3, 0.4) is 0 Å². The van der Waals surface area contributed by atoms with Gasteiger partial charge in [0.25, 0.3) is 5.91 Å². The molecule has 0 fully saturated rings. The lowest BCUT2D eigenvalue weighted by Crippen LogP contribution is -2.51. The highest BCUT2D eigenvalue weighted by Crippen LogP contribution is 2.44. The molecule has 0 spiro atoms. The molecule has 1 aliphatic rings. The number of carbonyl (C=O) groups excluding carboxylic acids is 1. The van der Waals surface area contributed by atoms with E-state index < -0.39 is 0 Å². The van der Waals surface area contributed by atoms with E-state index in [1.807, 2.05) is 6.07 Å². The number of amides is 1. The van der Waals surface area contributed by atoms with Crippen molar-refractivity contribution in [3.63, 3.8) is 0 Å². The van der Waals surface area contributed by atoms with Crippen molar-refractivity contribution < 1.29 is 9.53 Å². The van der Waals surface area contributed by atoms with Crippen LogP contribution >= 0.6 is 23.2 Å². The molecule has 5 nitrogen and oxygen atoms in total. The molecule has 0 saturated heterocycles. The Bertz CT molecular complexity index is 989. The van der Waals surface area contributed by atoms with Crippen LogP contribution in [-0.2, 0) is 4.79 Å². The molecule has 1 amide bonds. The van der Waals surface area contributed by atoms with E-state index in [-0.39, 0.29) is 18.1 Å². The summed E-state index contributed by atoms with van der Waals surface area (Å²) < 4.78 is 5.42. The lowest BCUT2D eigenvalue weighted by atomic mass is 9.79. The fourth-order valence-corrected chi connectivity index (χ4v) is 4.94. The number of rotatable bonds is 6. The maximum atomic E-state index is 12.0. The molecule has 7 heteroatoms. The van der Waals surface area contributed by atoms with Gasteiger partial charge in [-0.2, -0.15) is 5.10 Å².